The van der Waals surface area contributed by atoms with Crippen molar-refractivity contribution < 1.29 is 19.0 Å². The van der Waals surface area contributed by atoms with Crippen LogP contribution in [0.5, 0.6) is 17.2 Å². The van der Waals surface area contributed by atoms with Crippen LogP contribution < -0.4 is 19.5 Å². The number of methoxy groups -OCH3 is 1. The van der Waals surface area contributed by atoms with Crippen molar-refractivity contribution in [2.24, 2.45) is 0 Å². The number of amides is 1. The average Bonchev–Trinajstić information content (AvgIpc) is 2.59. The van der Waals surface area contributed by atoms with E-state index in [4.69, 9.17) is 14.2 Å². The van der Waals surface area contributed by atoms with Gasteiger partial charge in [0.25, 0.3) is 5.91 Å². The Morgan fingerprint density at radius 3 is 2.46 bits per heavy atom. The summed E-state index contributed by atoms with van der Waals surface area (Å²) in [4.78, 5) is 12.8. The van der Waals surface area contributed by atoms with Gasteiger partial charge in [0.2, 0.25) is 0 Å². The maximum absolute atomic E-state index is 12.8. The molecule has 3 rings (SSSR count). The van der Waals surface area contributed by atoms with Crippen LogP contribution in [0.1, 0.15) is 49.9 Å². The van der Waals surface area contributed by atoms with Crippen molar-refractivity contribution in [3.63, 3.8) is 0 Å². The van der Waals surface area contributed by atoms with Gasteiger partial charge in [0, 0.05) is 18.1 Å². The second-order valence-corrected chi connectivity index (χ2v) is 8.11. The van der Waals surface area contributed by atoms with Crippen molar-refractivity contribution in [3.8, 4) is 17.2 Å². The topological polar surface area (TPSA) is 56.8 Å². The molecule has 2 aromatic carbocycles. The van der Waals surface area contributed by atoms with Crippen LogP contribution in [0.3, 0.4) is 0 Å². The maximum atomic E-state index is 12.8. The quantitative estimate of drug-likeness (QED) is 0.826. The minimum absolute atomic E-state index is 0.149. The van der Waals surface area contributed by atoms with E-state index in [0.29, 0.717) is 12.2 Å². The molecule has 1 aliphatic rings. The van der Waals surface area contributed by atoms with Gasteiger partial charge in [-0.05, 0) is 70.0 Å². The first-order chi connectivity index (χ1) is 13.2. The smallest absolute Gasteiger partial charge is 0.261 e. The van der Waals surface area contributed by atoms with E-state index in [1.54, 1.807) is 14.0 Å². The summed E-state index contributed by atoms with van der Waals surface area (Å²) in [6.07, 6.45) is 0.0720. The lowest BCUT2D eigenvalue weighted by atomic mass is 9.89. The summed E-state index contributed by atoms with van der Waals surface area (Å²) >= 11 is 0. The van der Waals surface area contributed by atoms with E-state index >= 15 is 0 Å². The van der Waals surface area contributed by atoms with Crippen LogP contribution in [0.15, 0.2) is 36.4 Å². The van der Waals surface area contributed by atoms with Crippen molar-refractivity contribution >= 4 is 5.91 Å². The normalized spacial score (nSPS) is 18.4. The van der Waals surface area contributed by atoms with E-state index in [0.717, 1.165) is 28.2 Å². The lowest BCUT2D eigenvalue weighted by Crippen LogP contribution is -2.44. The van der Waals surface area contributed by atoms with Gasteiger partial charge in [0.05, 0.1) is 13.2 Å². The molecule has 0 radical (unpaired) electrons. The fourth-order valence-electron chi connectivity index (χ4n) is 3.64. The van der Waals surface area contributed by atoms with Crippen LogP contribution >= 0.6 is 0 Å². The van der Waals surface area contributed by atoms with Gasteiger partial charge in [-0.1, -0.05) is 6.07 Å². The van der Waals surface area contributed by atoms with Gasteiger partial charge >= 0.3 is 0 Å². The Morgan fingerprint density at radius 1 is 1.14 bits per heavy atom. The zero-order chi connectivity index (χ0) is 20.5. The minimum Gasteiger partial charge on any atom is -0.497 e. The molecule has 1 N–H and O–H groups in total. The van der Waals surface area contributed by atoms with Crippen LogP contribution in [-0.4, -0.2) is 24.7 Å². The standard InChI is InChI=1S/C23H29NO4/c1-14-9-15(2)11-18(10-14)27-16(3)22(25)24-20-13-23(4,5)28-21-12-17(26-6)7-8-19(20)21/h7-12,16,20H,13H2,1-6H3,(H,24,25)/t16-,20-/m0/s1. The Bertz CT molecular complexity index is 855. The summed E-state index contributed by atoms with van der Waals surface area (Å²) in [6.45, 7) is 9.83. The molecule has 5 heteroatoms. The summed E-state index contributed by atoms with van der Waals surface area (Å²) in [6, 6.07) is 11.5. The molecule has 28 heavy (non-hydrogen) atoms. The van der Waals surface area contributed by atoms with Gasteiger partial charge in [-0.3, -0.25) is 4.79 Å². The highest BCUT2D eigenvalue weighted by Crippen LogP contribution is 2.41. The van der Waals surface area contributed by atoms with E-state index in [2.05, 4.69) is 11.4 Å². The lowest BCUT2D eigenvalue weighted by Gasteiger charge is -2.38. The zero-order valence-electron chi connectivity index (χ0n) is 17.5. The summed E-state index contributed by atoms with van der Waals surface area (Å²) < 4.78 is 17.3. The molecule has 1 amide bonds. The molecule has 0 aromatic heterocycles. The lowest BCUT2D eigenvalue weighted by molar-refractivity contribution is -0.128. The van der Waals surface area contributed by atoms with E-state index in [1.807, 2.05) is 58.0 Å². The maximum Gasteiger partial charge on any atom is 0.261 e. The Labute approximate surface area is 167 Å². The predicted octanol–water partition coefficient (Wildman–Crippen LogP) is 4.50. The molecule has 0 fully saturated rings. The van der Waals surface area contributed by atoms with Crippen LogP contribution in [0.4, 0.5) is 0 Å². The first kappa shape index (κ1) is 20.1. The number of carbonyl (C=O) groups is 1. The first-order valence-corrected chi connectivity index (χ1v) is 9.59. The van der Waals surface area contributed by atoms with Crippen molar-refractivity contribution in [3.05, 3.63) is 53.1 Å². The van der Waals surface area contributed by atoms with Crippen molar-refractivity contribution in [1.29, 1.82) is 0 Å². The Kier molecular flexibility index (Phi) is 5.54. The highest BCUT2D eigenvalue weighted by atomic mass is 16.5. The largest absolute Gasteiger partial charge is 0.497 e. The molecule has 1 heterocycles. The van der Waals surface area contributed by atoms with Gasteiger partial charge in [-0.15, -0.1) is 0 Å². The fraction of sp³-hybridized carbons (Fsp3) is 0.435. The van der Waals surface area contributed by atoms with Gasteiger partial charge in [-0.2, -0.15) is 0 Å². The molecule has 0 bridgehead atoms. The summed E-state index contributed by atoms with van der Waals surface area (Å²) in [5, 5.41) is 3.13. The van der Waals surface area contributed by atoms with Gasteiger partial charge < -0.3 is 19.5 Å². The fourth-order valence-corrected chi connectivity index (χ4v) is 3.64. The van der Waals surface area contributed by atoms with Crippen LogP contribution in [0.25, 0.3) is 0 Å². The highest BCUT2D eigenvalue weighted by Gasteiger charge is 2.35. The zero-order valence-corrected chi connectivity index (χ0v) is 17.5. The number of fused-ring (bicyclic) bond motifs is 1. The molecular weight excluding hydrogens is 354 g/mol. The van der Waals surface area contributed by atoms with Crippen molar-refractivity contribution in [2.75, 3.05) is 7.11 Å². The van der Waals surface area contributed by atoms with Gasteiger partial charge in [0.15, 0.2) is 6.10 Å². The number of rotatable bonds is 5. The summed E-state index contributed by atoms with van der Waals surface area (Å²) in [5.74, 6) is 2.03. The van der Waals surface area contributed by atoms with Gasteiger partial charge in [-0.25, -0.2) is 0 Å². The predicted molar refractivity (Wildman–Crippen MR) is 109 cm³/mol. The Morgan fingerprint density at radius 2 is 1.82 bits per heavy atom. The minimum atomic E-state index is -0.603. The number of nitrogens with one attached hydrogen (secondary N) is 1. The summed E-state index contributed by atoms with van der Waals surface area (Å²) in [5.41, 5.74) is 2.77. The molecule has 1 aliphatic heterocycles. The van der Waals surface area contributed by atoms with Crippen molar-refractivity contribution in [1.82, 2.24) is 5.32 Å². The second kappa shape index (κ2) is 7.74. The Balaban J connectivity index is 1.76. The number of aryl methyl sites for hydroxylation is 2. The monoisotopic (exact) mass is 383 g/mol. The van der Waals surface area contributed by atoms with E-state index < -0.39 is 11.7 Å². The second-order valence-electron chi connectivity index (χ2n) is 8.11. The average molecular weight is 383 g/mol. The molecule has 2 atom stereocenters. The van der Waals surface area contributed by atoms with Crippen LogP contribution in [0.2, 0.25) is 0 Å². The van der Waals surface area contributed by atoms with E-state index in [-0.39, 0.29) is 11.9 Å². The molecule has 0 saturated heterocycles. The molecule has 5 nitrogen and oxygen atoms in total. The van der Waals surface area contributed by atoms with Crippen molar-refractivity contribution in [2.45, 2.75) is 58.8 Å². The third kappa shape index (κ3) is 4.58. The number of benzene rings is 2. The van der Waals surface area contributed by atoms with E-state index in [1.165, 1.54) is 0 Å². The third-order valence-corrected chi connectivity index (χ3v) is 4.87. The molecule has 0 unspecified atom stereocenters. The number of hydrogen-bond acceptors (Lipinski definition) is 4. The molecule has 0 saturated carbocycles. The van der Waals surface area contributed by atoms with Crippen LogP contribution in [0, 0.1) is 13.8 Å². The SMILES string of the molecule is COc1ccc2c(c1)OC(C)(C)C[C@@H]2NC(=O)[C@H](C)Oc1cc(C)cc(C)c1. The third-order valence-electron chi connectivity index (χ3n) is 4.87. The highest BCUT2D eigenvalue weighted by molar-refractivity contribution is 5.81. The molecule has 0 spiro atoms. The number of hydrogen-bond donors (Lipinski definition) is 1. The Hall–Kier alpha value is -2.69. The summed E-state index contributed by atoms with van der Waals surface area (Å²) in [7, 11) is 1.63. The first-order valence-electron chi connectivity index (χ1n) is 9.59. The molecular formula is C23H29NO4. The molecule has 2 aromatic rings. The van der Waals surface area contributed by atoms with Gasteiger partial charge in [0.1, 0.15) is 22.8 Å². The van der Waals surface area contributed by atoms with Crippen LogP contribution in [-0.2, 0) is 4.79 Å². The number of ether oxygens (including phenoxy) is 3. The number of carbonyl (C=O) groups excluding carboxylic acids is 1. The molecule has 150 valence electrons. The molecule has 0 aliphatic carbocycles. The van der Waals surface area contributed by atoms with E-state index in [9.17, 15) is 4.79 Å².